The molecule has 8 nitrogen and oxygen atoms in total. The van der Waals surface area contributed by atoms with Crippen molar-refractivity contribution in [2.45, 2.75) is 83.0 Å². The molecule has 0 saturated heterocycles. The van der Waals surface area contributed by atoms with Crippen molar-refractivity contribution < 1.29 is 13.2 Å². The number of sulfone groups is 1. The van der Waals surface area contributed by atoms with E-state index < -0.39 is 9.84 Å². The van der Waals surface area contributed by atoms with Gasteiger partial charge in [-0.25, -0.2) is 22.9 Å². The first-order chi connectivity index (χ1) is 22.5. The van der Waals surface area contributed by atoms with Crippen LogP contribution in [0.2, 0.25) is 0 Å². The summed E-state index contributed by atoms with van der Waals surface area (Å²) in [6.45, 7) is 11.8. The highest BCUT2D eigenvalue weighted by molar-refractivity contribution is 7.90. The molecular weight excluding hydrogens is 609 g/mol. The molecule has 0 unspecified atom stereocenters. The fourth-order valence-corrected chi connectivity index (χ4v) is 6.90. The van der Waals surface area contributed by atoms with Crippen LogP contribution in [0.25, 0.3) is 11.3 Å². The zero-order chi connectivity index (χ0) is 33.6. The summed E-state index contributed by atoms with van der Waals surface area (Å²) in [7, 11) is -3.59. The quantitative estimate of drug-likeness (QED) is 0.136. The molecule has 9 heteroatoms. The predicted molar refractivity (Wildman–Crippen MR) is 187 cm³/mol. The van der Waals surface area contributed by atoms with Crippen molar-refractivity contribution in [3.8, 4) is 17.0 Å². The van der Waals surface area contributed by atoms with Crippen LogP contribution in [0.4, 0.5) is 0 Å². The second-order valence-corrected chi connectivity index (χ2v) is 14.7. The van der Waals surface area contributed by atoms with Gasteiger partial charge >= 0.3 is 5.69 Å². The van der Waals surface area contributed by atoms with Gasteiger partial charge in [-0.05, 0) is 73.1 Å². The number of ether oxygens (including phenoxy) is 1. The van der Waals surface area contributed by atoms with Crippen molar-refractivity contribution in [2.24, 2.45) is 0 Å². The van der Waals surface area contributed by atoms with E-state index in [0.29, 0.717) is 43.3 Å². The lowest BCUT2D eigenvalue weighted by atomic mass is 9.87. The Morgan fingerprint density at radius 2 is 1.49 bits per heavy atom. The molecule has 2 aromatic heterocycles. The largest absolute Gasteiger partial charge is 0.492 e. The van der Waals surface area contributed by atoms with Crippen LogP contribution in [0.5, 0.6) is 5.75 Å². The Balaban J connectivity index is 1.25. The maximum atomic E-state index is 13.1. The highest BCUT2D eigenvalue weighted by atomic mass is 32.2. The van der Waals surface area contributed by atoms with Crippen molar-refractivity contribution >= 4 is 9.84 Å². The zero-order valence-corrected chi connectivity index (χ0v) is 28.8. The summed E-state index contributed by atoms with van der Waals surface area (Å²) >= 11 is 0. The maximum absolute atomic E-state index is 13.1. The van der Waals surface area contributed by atoms with Gasteiger partial charge in [0.2, 0.25) is 0 Å². The van der Waals surface area contributed by atoms with E-state index in [4.69, 9.17) is 14.8 Å². The van der Waals surface area contributed by atoms with E-state index >= 15 is 0 Å². The molecule has 0 N–H and O–H groups in total. The van der Waals surface area contributed by atoms with E-state index in [1.807, 2.05) is 32.0 Å². The fraction of sp³-hybridized carbons (Fsp3) is 0.342. The SMILES string of the molecule is CCOc1ccc(-c2ccc(CCCc3nn(Cc4ccc(C(C)(C)C)cc4)c(=O)n3CC)cc2)nc1CS(=O)(=O)c1ccccc1. The molecule has 0 saturated carbocycles. The van der Waals surface area contributed by atoms with Crippen LogP contribution in [0, 0.1) is 0 Å². The van der Waals surface area contributed by atoms with Crippen LogP contribution in [0.15, 0.2) is 101 Å². The topological polar surface area (TPSA) is 96.1 Å². The number of hydrogen-bond donors (Lipinski definition) is 0. The molecule has 2 heterocycles. The van der Waals surface area contributed by atoms with Crippen LogP contribution >= 0.6 is 0 Å². The summed E-state index contributed by atoms with van der Waals surface area (Å²) in [5.41, 5.74) is 5.45. The Morgan fingerprint density at radius 3 is 2.13 bits per heavy atom. The summed E-state index contributed by atoms with van der Waals surface area (Å²) in [5, 5.41) is 4.71. The van der Waals surface area contributed by atoms with Gasteiger partial charge in [0, 0.05) is 18.5 Å². The molecule has 3 aromatic carbocycles. The van der Waals surface area contributed by atoms with Crippen LogP contribution in [-0.4, -0.2) is 34.4 Å². The number of hydrogen-bond acceptors (Lipinski definition) is 6. The Kier molecular flexibility index (Phi) is 10.4. The van der Waals surface area contributed by atoms with Crippen molar-refractivity contribution in [3.05, 3.63) is 130 Å². The highest BCUT2D eigenvalue weighted by Crippen LogP contribution is 2.27. The summed E-state index contributed by atoms with van der Waals surface area (Å²) < 4.78 is 35.3. The molecule has 0 spiro atoms. The smallest absolute Gasteiger partial charge is 0.346 e. The summed E-state index contributed by atoms with van der Waals surface area (Å²) in [6.07, 6.45) is 2.37. The third kappa shape index (κ3) is 8.27. The van der Waals surface area contributed by atoms with E-state index in [1.54, 1.807) is 45.6 Å². The molecule has 0 amide bonds. The number of nitrogens with zero attached hydrogens (tertiary/aromatic N) is 4. The van der Waals surface area contributed by atoms with Crippen molar-refractivity contribution in [3.63, 3.8) is 0 Å². The van der Waals surface area contributed by atoms with Gasteiger partial charge in [0.05, 0.1) is 29.4 Å². The van der Waals surface area contributed by atoms with Gasteiger partial charge in [0.15, 0.2) is 9.84 Å². The van der Waals surface area contributed by atoms with E-state index in [-0.39, 0.29) is 21.8 Å². The Labute approximate surface area is 278 Å². The third-order valence-electron chi connectivity index (χ3n) is 8.24. The predicted octanol–water partition coefficient (Wildman–Crippen LogP) is 7.02. The second-order valence-electron chi connectivity index (χ2n) is 12.7. The average molecular weight is 653 g/mol. The first kappa shape index (κ1) is 33.9. The van der Waals surface area contributed by atoms with Crippen molar-refractivity contribution in [1.29, 1.82) is 0 Å². The van der Waals surface area contributed by atoms with E-state index in [1.165, 1.54) is 5.56 Å². The second kappa shape index (κ2) is 14.5. The minimum Gasteiger partial charge on any atom is -0.492 e. The summed E-state index contributed by atoms with van der Waals surface area (Å²) in [5.74, 6) is 1.02. The number of rotatable bonds is 13. The normalized spacial score (nSPS) is 11.9. The van der Waals surface area contributed by atoms with Crippen LogP contribution in [0.1, 0.15) is 69.2 Å². The first-order valence-electron chi connectivity index (χ1n) is 16.2. The van der Waals surface area contributed by atoms with E-state index in [0.717, 1.165) is 35.4 Å². The summed E-state index contributed by atoms with van der Waals surface area (Å²) in [6, 6.07) is 28.6. The molecule has 47 heavy (non-hydrogen) atoms. The lowest BCUT2D eigenvalue weighted by molar-refractivity contribution is 0.335. The molecular formula is C38H44N4O4S. The molecule has 0 aliphatic heterocycles. The number of aryl methyl sites for hydroxylation is 2. The summed E-state index contributed by atoms with van der Waals surface area (Å²) in [4.78, 5) is 18.1. The van der Waals surface area contributed by atoms with Gasteiger partial charge in [-0.1, -0.05) is 87.5 Å². The molecule has 0 fully saturated rings. The van der Waals surface area contributed by atoms with E-state index in [9.17, 15) is 13.2 Å². The standard InChI is InChI=1S/C38H44N4O4S/c1-6-41-36(40-42(37(41)43)26-29-18-22-31(23-19-29)38(3,4)5)15-11-12-28-16-20-30(21-17-28)33-24-25-35(46-7-2)34(39-33)27-47(44,45)32-13-9-8-10-14-32/h8-10,13-14,16-25H,6-7,11-12,15,26-27H2,1-5H3. The molecule has 5 rings (SSSR count). The lowest BCUT2D eigenvalue weighted by Gasteiger charge is -2.19. The van der Waals surface area contributed by atoms with Gasteiger partial charge in [-0.2, -0.15) is 5.10 Å². The van der Waals surface area contributed by atoms with Gasteiger partial charge < -0.3 is 4.74 Å². The number of aromatic nitrogens is 4. The molecule has 246 valence electrons. The number of pyridine rings is 1. The van der Waals surface area contributed by atoms with Gasteiger partial charge in [0.1, 0.15) is 17.3 Å². The molecule has 5 aromatic rings. The van der Waals surface area contributed by atoms with Gasteiger partial charge in [-0.15, -0.1) is 0 Å². The first-order valence-corrected chi connectivity index (χ1v) is 17.9. The van der Waals surface area contributed by atoms with Crippen molar-refractivity contribution in [1.82, 2.24) is 19.3 Å². The average Bonchev–Trinajstić information content (AvgIpc) is 3.35. The minimum atomic E-state index is -3.59. The van der Waals surface area contributed by atoms with Crippen LogP contribution < -0.4 is 10.4 Å². The number of benzene rings is 3. The molecule has 0 aliphatic carbocycles. The zero-order valence-electron chi connectivity index (χ0n) is 27.9. The minimum absolute atomic E-state index is 0.0782. The van der Waals surface area contributed by atoms with Crippen LogP contribution in [0.3, 0.4) is 0 Å². The third-order valence-corrected chi connectivity index (χ3v) is 9.89. The van der Waals surface area contributed by atoms with E-state index in [2.05, 4.69) is 57.2 Å². The van der Waals surface area contributed by atoms with Crippen molar-refractivity contribution in [2.75, 3.05) is 6.61 Å². The fourth-order valence-electron chi connectivity index (χ4n) is 5.60. The molecule has 0 radical (unpaired) electrons. The van der Waals surface area contributed by atoms with Crippen LogP contribution in [-0.2, 0) is 46.9 Å². The monoisotopic (exact) mass is 652 g/mol. The van der Waals surface area contributed by atoms with Gasteiger partial charge in [0.25, 0.3) is 0 Å². The maximum Gasteiger partial charge on any atom is 0.346 e. The molecule has 0 atom stereocenters. The molecule has 0 bridgehead atoms. The van der Waals surface area contributed by atoms with Gasteiger partial charge in [-0.3, -0.25) is 4.57 Å². The Morgan fingerprint density at radius 1 is 0.809 bits per heavy atom. The highest BCUT2D eigenvalue weighted by Gasteiger charge is 2.20. The molecule has 0 aliphatic rings. The lowest BCUT2D eigenvalue weighted by Crippen LogP contribution is -2.25. The Hall–Kier alpha value is -4.50. The Bertz CT molecular complexity index is 1960.